The number of nitrogens with zero attached hydrogens (tertiary/aromatic N) is 3. The number of piperazine rings is 1. The molecule has 1 unspecified atom stereocenters. The molecule has 4 aliphatic rings. The van der Waals surface area contributed by atoms with Crippen LogP contribution in [0.1, 0.15) is 50.9 Å². The summed E-state index contributed by atoms with van der Waals surface area (Å²) in [5, 5.41) is 2.97. The number of anilines is 1. The van der Waals surface area contributed by atoms with Gasteiger partial charge in [0.1, 0.15) is 30.9 Å². The van der Waals surface area contributed by atoms with E-state index in [2.05, 4.69) is 15.1 Å². The van der Waals surface area contributed by atoms with E-state index in [9.17, 15) is 14.4 Å². The summed E-state index contributed by atoms with van der Waals surface area (Å²) in [6, 6.07) is 6.96. The Morgan fingerprint density at radius 2 is 1.78 bits per heavy atom. The highest BCUT2D eigenvalue weighted by Gasteiger charge is 2.54. The van der Waals surface area contributed by atoms with Gasteiger partial charge in [-0.25, -0.2) is 0 Å². The number of carbonyl (C=O) groups excluding carboxylic acids is 3. The number of fused-ring (bicyclic) bond motifs is 1. The third-order valence-corrected chi connectivity index (χ3v) is 8.06. The summed E-state index contributed by atoms with van der Waals surface area (Å²) in [5.41, 5.74) is 1.06. The summed E-state index contributed by atoms with van der Waals surface area (Å²) in [7, 11) is 0. The van der Waals surface area contributed by atoms with E-state index in [4.69, 9.17) is 9.47 Å². The van der Waals surface area contributed by atoms with Crippen LogP contribution in [-0.2, 0) is 19.1 Å². The molecule has 4 fully saturated rings. The zero-order valence-corrected chi connectivity index (χ0v) is 22.4. The molecule has 0 spiro atoms. The van der Waals surface area contributed by atoms with Crippen LogP contribution in [0, 0.1) is 5.41 Å². The predicted molar refractivity (Wildman–Crippen MR) is 140 cm³/mol. The van der Waals surface area contributed by atoms with Crippen molar-refractivity contribution in [1.82, 2.24) is 15.1 Å². The van der Waals surface area contributed by atoms with Gasteiger partial charge in [0.2, 0.25) is 5.91 Å². The molecular formula is C28H40N4O5. The molecule has 5 rings (SSSR count). The van der Waals surface area contributed by atoms with E-state index in [1.54, 1.807) is 4.90 Å². The van der Waals surface area contributed by atoms with Crippen LogP contribution in [0.25, 0.3) is 0 Å². The van der Waals surface area contributed by atoms with Crippen molar-refractivity contribution in [3.8, 4) is 0 Å². The van der Waals surface area contributed by atoms with Crippen LogP contribution in [0.3, 0.4) is 0 Å². The van der Waals surface area contributed by atoms with Crippen molar-refractivity contribution >= 4 is 23.3 Å². The van der Waals surface area contributed by atoms with E-state index in [1.807, 2.05) is 52.0 Å². The minimum atomic E-state index is -0.801. The molecule has 202 valence electrons. The molecule has 1 saturated carbocycles. The van der Waals surface area contributed by atoms with E-state index < -0.39 is 23.6 Å². The lowest BCUT2D eigenvalue weighted by atomic mass is 9.85. The molecular weight excluding hydrogens is 472 g/mol. The standard InChI is InChI=1S/C28H40N4O5/c1-5-36-22-16-32(23-21(33)17-37-24(22)23)27(35)25(28(2,3)4)29-26(34)18-6-8-19(9-7-18)30-12-14-31(15-13-30)20-10-11-20/h6-9,20,22-25H,5,10-17H2,1-4H3,(H,29,34)/t22-,23+,24+,25?/m0/s1. The molecule has 1 N–H and O–H groups in total. The lowest BCUT2D eigenvalue weighted by molar-refractivity contribution is -0.140. The summed E-state index contributed by atoms with van der Waals surface area (Å²) < 4.78 is 11.4. The summed E-state index contributed by atoms with van der Waals surface area (Å²) >= 11 is 0. The molecule has 2 amide bonds. The zero-order valence-electron chi connectivity index (χ0n) is 22.4. The van der Waals surface area contributed by atoms with Crippen molar-refractivity contribution in [1.29, 1.82) is 0 Å². The summed E-state index contributed by atoms with van der Waals surface area (Å²) in [4.78, 5) is 46.1. The van der Waals surface area contributed by atoms with Gasteiger partial charge in [-0.15, -0.1) is 0 Å². The predicted octanol–water partition coefficient (Wildman–Crippen LogP) is 1.70. The number of ether oxygens (including phenoxy) is 2. The van der Waals surface area contributed by atoms with Crippen LogP contribution in [0.5, 0.6) is 0 Å². The maximum absolute atomic E-state index is 13.8. The molecule has 3 heterocycles. The van der Waals surface area contributed by atoms with E-state index in [1.165, 1.54) is 12.8 Å². The molecule has 1 aromatic rings. The zero-order chi connectivity index (χ0) is 26.3. The highest BCUT2D eigenvalue weighted by Crippen LogP contribution is 2.33. The van der Waals surface area contributed by atoms with Gasteiger partial charge in [-0.05, 0) is 49.4 Å². The van der Waals surface area contributed by atoms with Gasteiger partial charge in [0.05, 0.1) is 6.54 Å². The number of benzene rings is 1. The van der Waals surface area contributed by atoms with Crippen molar-refractivity contribution < 1.29 is 23.9 Å². The van der Waals surface area contributed by atoms with E-state index in [-0.39, 0.29) is 36.9 Å². The Bertz CT molecular complexity index is 1010. The maximum atomic E-state index is 13.8. The lowest BCUT2D eigenvalue weighted by Crippen LogP contribution is -2.57. The van der Waals surface area contributed by atoms with E-state index in [0.29, 0.717) is 12.2 Å². The third kappa shape index (κ3) is 5.40. The maximum Gasteiger partial charge on any atom is 0.251 e. The van der Waals surface area contributed by atoms with Gasteiger partial charge in [0.15, 0.2) is 5.78 Å². The Labute approximate surface area is 219 Å². The quantitative estimate of drug-likeness (QED) is 0.595. The average molecular weight is 513 g/mol. The fourth-order valence-corrected chi connectivity index (χ4v) is 5.84. The van der Waals surface area contributed by atoms with Gasteiger partial charge in [-0.3, -0.25) is 19.3 Å². The first-order chi connectivity index (χ1) is 17.7. The van der Waals surface area contributed by atoms with Gasteiger partial charge in [0, 0.05) is 50.1 Å². The summed E-state index contributed by atoms with van der Waals surface area (Å²) in [6.07, 6.45) is 1.86. The number of likely N-dealkylation sites (tertiary alicyclic amines) is 1. The number of carbonyl (C=O) groups is 3. The minimum absolute atomic E-state index is 0.0167. The van der Waals surface area contributed by atoms with Crippen molar-refractivity contribution in [2.45, 2.75) is 70.9 Å². The minimum Gasteiger partial charge on any atom is -0.374 e. The Kier molecular flexibility index (Phi) is 7.31. The largest absolute Gasteiger partial charge is 0.374 e. The molecule has 1 aromatic carbocycles. The molecule has 1 aliphatic carbocycles. The molecule has 9 nitrogen and oxygen atoms in total. The molecule has 0 radical (unpaired) electrons. The highest BCUT2D eigenvalue weighted by atomic mass is 16.6. The first-order valence-electron chi connectivity index (χ1n) is 13.6. The molecule has 0 aromatic heterocycles. The van der Waals surface area contributed by atoms with Gasteiger partial charge >= 0.3 is 0 Å². The van der Waals surface area contributed by atoms with Crippen LogP contribution >= 0.6 is 0 Å². The highest BCUT2D eigenvalue weighted by molar-refractivity contribution is 5.99. The van der Waals surface area contributed by atoms with E-state index in [0.717, 1.165) is 37.9 Å². The molecule has 0 bridgehead atoms. The van der Waals surface area contributed by atoms with Crippen LogP contribution < -0.4 is 10.2 Å². The summed E-state index contributed by atoms with van der Waals surface area (Å²) in [5.74, 6) is -0.695. The molecule has 3 aliphatic heterocycles. The Morgan fingerprint density at radius 3 is 2.38 bits per heavy atom. The molecule has 4 atom stereocenters. The first-order valence-corrected chi connectivity index (χ1v) is 13.6. The number of ketones is 1. The second-order valence-electron chi connectivity index (χ2n) is 11.7. The van der Waals surface area contributed by atoms with E-state index >= 15 is 0 Å². The smallest absolute Gasteiger partial charge is 0.251 e. The third-order valence-electron chi connectivity index (χ3n) is 8.06. The fraction of sp³-hybridized carbons (Fsp3) is 0.679. The SMILES string of the molecule is CCO[C@H]1CN(C(=O)C(NC(=O)c2ccc(N3CCN(C4CC4)CC3)cc2)C(C)(C)C)[C@@H]2C(=O)CO[C@H]12. The Hall–Kier alpha value is -2.49. The van der Waals surface area contributed by atoms with Crippen LogP contribution in [-0.4, -0.2) is 104 Å². The van der Waals surface area contributed by atoms with Crippen LogP contribution in [0.2, 0.25) is 0 Å². The first kappa shape index (κ1) is 26.1. The number of hydrogen-bond donors (Lipinski definition) is 1. The second-order valence-corrected chi connectivity index (χ2v) is 11.7. The van der Waals surface area contributed by atoms with Gasteiger partial charge in [-0.1, -0.05) is 20.8 Å². The van der Waals surface area contributed by atoms with Crippen molar-refractivity contribution in [2.24, 2.45) is 5.41 Å². The molecule has 9 heteroatoms. The monoisotopic (exact) mass is 512 g/mol. The average Bonchev–Trinajstić information content (AvgIpc) is 3.57. The molecule has 37 heavy (non-hydrogen) atoms. The van der Waals surface area contributed by atoms with Crippen molar-refractivity contribution in [3.05, 3.63) is 29.8 Å². The number of amides is 2. The number of Topliss-reactive ketones (excluding diaryl/α,β-unsaturated/α-hetero) is 1. The second kappa shape index (κ2) is 10.3. The lowest BCUT2D eigenvalue weighted by Gasteiger charge is -2.36. The topological polar surface area (TPSA) is 91.4 Å². The number of nitrogens with one attached hydrogen (secondary N) is 1. The Morgan fingerprint density at radius 1 is 1.11 bits per heavy atom. The van der Waals surface area contributed by atoms with Crippen LogP contribution in [0.15, 0.2) is 24.3 Å². The van der Waals surface area contributed by atoms with Crippen molar-refractivity contribution in [3.63, 3.8) is 0 Å². The number of rotatable bonds is 7. The van der Waals surface area contributed by atoms with Crippen molar-refractivity contribution in [2.75, 3.05) is 50.8 Å². The van der Waals surface area contributed by atoms with Gasteiger partial charge < -0.3 is 24.6 Å². The Balaban J connectivity index is 1.25. The fourth-order valence-electron chi connectivity index (χ4n) is 5.84. The van der Waals surface area contributed by atoms with Crippen LogP contribution in [0.4, 0.5) is 5.69 Å². The van der Waals surface area contributed by atoms with Gasteiger partial charge in [-0.2, -0.15) is 0 Å². The number of hydrogen-bond acceptors (Lipinski definition) is 7. The van der Waals surface area contributed by atoms with Gasteiger partial charge in [0.25, 0.3) is 5.91 Å². The normalized spacial score (nSPS) is 27.4. The molecule has 3 saturated heterocycles. The summed E-state index contributed by atoms with van der Waals surface area (Å²) in [6.45, 7) is 12.5.